The largest absolute Gasteiger partial charge is 0.494 e. The Morgan fingerprint density at radius 1 is 1.05 bits per heavy atom. The van der Waals surface area contributed by atoms with E-state index in [1.807, 2.05) is 36.4 Å². The molecule has 0 radical (unpaired) electrons. The van der Waals surface area contributed by atoms with Crippen molar-refractivity contribution in [2.75, 3.05) is 7.11 Å². The third kappa shape index (κ3) is 5.59. The van der Waals surface area contributed by atoms with Crippen LogP contribution in [-0.4, -0.2) is 33.2 Å². The summed E-state index contributed by atoms with van der Waals surface area (Å²) in [5.74, 6) is -1.10. The maximum Gasteiger partial charge on any atom is 0.434 e. The minimum Gasteiger partial charge on any atom is -0.494 e. The second-order valence-corrected chi connectivity index (χ2v) is 10.6. The Morgan fingerprint density at radius 3 is 2.59 bits per heavy atom. The molecule has 6 rings (SSSR count). The van der Waals surface area contributed by atoms with Gasteiger partial charge in [-0.1, -0.05) is 73.5 Å². The van der Waals surface area contributed by atoms with Gasteiger partial charge < -0.3 is 19.5 Å². The Bertz CT molecular complexity index is 2040. The molecule has 0 spiro atoms. The Morgan fingerprint density at radius 2 is 1.86 bits per heavy atom. The summed E-state index contributed by atoms with van der Waals surface area (Å²) in [6, 6.07) is 22.7. The highest BCUT2D eigenvalue weighted by Gasteiger charge is 2.23. The summed E-state index contributed by atoms with van der Waals surface area (Å²) in [5.41, 5.74) is 4.34. The maximum absolute atomic E-state index is 14.4. The van der Waals surface area contributed by atoms with Crippen LogP contribution in [0.3, 0.4) is 0 Å². The number of carbonyl (C=O) groups excluding carboxylic acids is 1. The quantitative estimate of drug-likeness (QED) is 0.157. The van der Waals surface area contributed by atoms with Gasteiger partial charge in [-0.25, -0.2) is 19.3 Å². The summed E-state index contributed by atoms with van der Waals surface area (Å²) in [5, 5.41) is 9.84. The molecule has 44 heavy (non-hydrogen) atoms. The summed E-state index contributed by atoms with van der Waals surface area (Å²) in [7, 11) is 1.39. The van der Waals surface area contributed by atoms with Gasteiger partial charge in [0.25, 0.3) is 5.91 Å². The second-order valence-electron chi connectivity index (χ2n) is 10.2. The fourth-order valence-corrected chi connectivity index (χ4v) is 5.53. The maximum atomic E-state index is 14.4. The molecular weight excluding hydrogens is 585 g/mol. The lowest BCUT2D eigenvalue weighted by Gasteiger charge is -2.19. The van der Waals surface area contributed by atoms with E-state index in [4.69, 9.17) is 20.8 Å². The number of benzene rings is 4. The van der Waals surface area contributed by atoms with E-state index in [0.29, 0.717) is 49.7 Å². The van der Waals surface area contributed by atoms with Crippen LogP contribution in [0.25, 0.3) is 45.0 Å². The minimum atomic E-state index is -0.750. The Labute approximate surface area is 256 Å². The van der Waals surface area contributed by atoms with E-state index in [1.165, 1.54) is 19.2 Å². The zero-order valence-corrected chi connectivity index (χ0v) is 24.5. The van der Waals surface area contributed by atoms with Gasteiger partial charge in [0.05, 0.1) is 24.2 Å². The fraction of sp³-hybridized carbons (Fsp3) is 0.152. The van der Waals surface area contributed by atoms with Crippen LogP contribution in [0.4, 0.5) is 4.39 Å². The molecule has 2 aromatic heterocycles. The molecule has 11 heteroatoms. The average molecular weight is 612 g/mol. The second kappa shape index (κ2) is 12.2. The van der Waals surface area contributed by atoms with Crippen LogP contribution in [0.2, 0.25) is 5.02 Å². The van der Waals surface area contributed by atoms with Gasteiger partial charge in [0.2, 0.25) is 5.89 Å². The zero-order valence-electron chi connectivity index (χ0n) is 23.8. The lowest BCUT2D eigenvalue weighted by Crippen LogP contribution is -2.28. The number of hydrogen-bond donors (Lipinski definition) is 3. The van der Waals surface area contributed by atoms with Crippen molar-refractivity contribution in [2.24, 2.45) is 0 Å². The van der Waals surface area contributed by atoms with Crippen LogP contribution in [-0.2, 0) is 0 Å². The van der Waals surface area contributed by atoms with E-state index in [1.54, 1.807) is 30.3 Å². The highest BCUT2D eigenvalue weighted by Crippen LogP contribution is 2.42. The molecule has 3 N–H and O–H groups in total. The summed E-state index contributed by atoms with van der Waals surface area (Å²) in [6.07, 6.45) is 1.63. The Balaban J connectivity index is 1.46. The van der Waals surface area contributed by atoms with Gasteiger partial charge in [-0.2, -0.15) is 0 Å². The number of fused-ring (bicyclic) bond motifs is 1. The molecule has 2 heterocycles. The lowest BCUT2D eigenvalue weighted by molar-refractivity contribution is 0.0934. The number of ether oxygens (including phenoxy) is 1. The van der Waals surface area contributed by atoms with Gasteiger partial charge in [-0.15, -0.1) is 5.10 Å². The van der Waals surface area contributed by atoms with Crippen LogP contribution < -0.4 is 15.8 Å². The zero-order chi connectivity index (χ0) is 30.8. The average Bonchev–Trinajstić information content (AvgIpc) is 3.66. The summed E-state index contributed by atoms with van der Waals surface area (Å²) >= 11 is 6.80. The van der Waals surface area contributed by atoms with E-state index in [2.05, 4.69) is 32.4 Å². The topological polar surface area (TPSA) is 126 Å². The summed E-state index contributed by atoms with van der Waals surface area (Å²) < 4.78 is 24.9. The summed E-state index contributed by atoms with van der Waals surface area (Å²) in [6.45, 7) is 2.06. The van der Waals surface area contributed by atoms with Crippen molar-refractivity contribution in [1.29, 1.82) is 0 Å². The predicted molar refractivity (Wildman–Crippen MR) is 166 cm³/mol. The van der Waals surface area contributed by atoms with Gasteiger partial charge >= 0.3 is 5.76 Å². The van der Waals surface area contributed by atoms with Crippen molar-refractivity contribution >= 4 is 28.5 Å². The van der Waals surface area contributed by atoms with Gasteiger partial charge in [-0.3, -0.25) is 4.79 Å². The van der Waals surface area contributed by atoms with E-state index >= 15 is 0 Å². The summed E-state index contributed by atoms with van der Waals surface area (Å²) in [4.78, 5) is 33.4. The fourth-order valence-electron chi connectivity index (χ4n) is 5.25. The third-order valence-electron chi connectivity index (χ3n) is 7.33. The van der Waals surface area contributed by atoms with Crippen molar-refractivity contribution in [2.45, 2.75) is 25.8 Å². The number of nitrogens with one attached hydrogen (secondary N) is 3. The van der Waals surface area contributed by atoms with E-state index in [-0.39, 0.29) is 23.6 Å². The number of rotatable bonds is 9. The number of aromatic nitrogens is 4. The Hall–Kier alpha value is -5.22. The van der Waals surface area contributed by atoms with Crippen LogP contribution in [0.15, 0.2) is 88.1 Å². The molecule has 222 valence electrons. The number of carbonyl (C=O) groups is 1. The van der Waals surface area contributed by atoms with E-state index in [0.717, 1.165) is 18.4 Å². The molecule has 4 aromatic carbocycles. The first-order chi connectivity index (χ1) is 21.4. The van der Waals surface area contributed by atoms with Gasteiger partial charge in [0.15, 0.2) is 11.6 Å². The number of methoxy groups -OCH3 is 1. The van der Waals surface area contributed by atoms with Crippen molar-refractivity contribution in [3.8, 4) is 39.7 Å². The number of amides is 1. The molecule has 9 nitrogen and oxygen atoms in total. The monoisotopic (exact) mass is 611 g/mol. The molecule has 1 unspecified atom stereocenters. The molecule has 1 amide bonds. The molecule has 0 bridgehead atoms. The molecule has 6 aromatic rings. The molecule has 0 fully saturated rings. The van der Waals surface area contributed by atoms with Crippen molar-refractivity contribution in [3.05, 3.63) is 111 Å². The van der Waals surface area contributed by atoms with Gasteiger partial charge in [-0.05, 0) is 35.7 Å². The number of nitrogens with zero attached hydrogens (tertiary/aromatic N) is 2. The molecule has 0 aliphatic heterocycles. The SMILES string of the molecule is CCCC(NC(=O)c1ccc(-c2c(Cl)cccc2-c2nc3cc(OC)c(F)cc3[nH]2)c(-c2n[nH]c(=O)o2)c1)c1ccccc1. The molecule has 1 atom stereocenters. The minimum absolute atomic E-state index is 0.0184. The lowest BCUT2D eigenvalue weighted by atomic mass is 9.93. The van der Waals surface area contributed by atoms with Crippen LogP contribution in [0.1, 0.15) is 41.7 Å². The molecule has 0 aliphatic carbocycles. The van der Waals surface area contributed by atoms with Gasteiger partial charge in [0, 0.05) is 39.4 Å². The smallest absolute Gasteiger partial charge is 0.434 e. The molecule has 0 aliphatic rings. The first-order valence-corrected chi connectivity index (χ1v) is 14.3. The van der Waals surface area contributed by atoms with E-state index < -0.39 is 11.6 Å². The molecule has 0 saturated carbocycles. The normalized spacial score (nSPS) is 11.9. The standard InChI is InChI=1S/C33H27ClFN5O4/c1-3-8-25(18-9-5-4-6-10-18)38-31(41)19-13-14-20(22(15-19)32-39-40-33(42)44-32)29-21(11-7-12-23(29)34)30-36-26-16-24(35)28(43-2)17-27(26)37-30/h4-7,9-17,25H,3,8H2,1-2H3,(H,36,37)(H,38,41)(H,40,42). The first-order valence-electron chi connectivity index (χ1n) is 13.9. The van der Waals surface area contributed by atoms with Crippen molar-refractivity contribution < 1.29 is 18.3 Å². The number of halogens is 2. The van der Waals surface area contributed by atoms with E-state index in [9.17, 15) is 14.0 Å². The van der Waals surface area contributed by atoms with Gasteiger partial charge in [0.1, 0.15) is 5.82 Å². The van der Waals surface area contributed by atoms with Crippen LogP contribution in [0, 0.1) is 5.82 Å². The van der Waals surface area contributed by atoms with Crippen LogP contribution in [0.5, 0.6) is 5.75 Å². The number of imidazole rings is 1. The first kappa shape index (κ1) is 28.9. The van der Waals surface area contributed by atoms with Crippen molar-refractivity contribution in [1.82, 2.24) is 25.5 Å². The predicted octanol–water partition coefficient (Wildman–Crippen LogP) is 7.31. The highest BCUT2D eigenvalue weighted by molar-refractivity contribution is 6.34. The number of hydrogen-bond acceptors (Lipinski definition) is 6. The van der Waals surface area contributed by atoms with Crippen LogP contribution >= 0.6 is 11.6 Å². The Kier molecular flexibility index (Phi) is 7.99. The molecule has 0 saturated heterocycles. The highest BCUT2D eigenvalue weighted by atomic mass is 35.5. The number of H-pyrrole nitrogens is 2. The van der Waals surface area contributed by atoms with Crippen molar-refractivity contribution in [3.63, 3.8) is 0 Å². The molecular formula is C33H27ClFN5O4. The third-order valence-corrected chi connectivity index (χ3v) is 7.64. The number of aromatic amines is 2.